The first-order valence-corrected chi connectivity index (χ1v) is 13.5. The minimum absolute atomic E-state index is 0.0516. The summed E-state index contributed by atoms with van der Waals surface area (Å²) in [5.41, 5.74) is 7.49. The number of carbonyl (C=O) groups excluding carboxylic acids is 2. The van der Waals surface area contributed by atoms with Crippen molar-refractivity contribution < 1.29 is 19.1 Å². The van der Waals surface area contributed by atoms with E-state index >= 15 is 0 Å². The number of imidazole rings is 1. The Morgan fingerprint density at radius 2 is 1.62 bits per heavy atom. The number of fused-ring (bicyclic) bond motifs is 1. The van der Waals surface area contributed by atoms with E-state index in [4.69, 9.17) is 16.0 Å². The van der Waals surface area contributed by atoms with Gasteiger partial charge in [0.25, 0.3) is 11.9 Å². The maximum atomic E-state index is 12.5. The van der Waals surface area contributed by atoms with Gasteiger partial charge in [-0.05, 0) is 59.0 Å². The molecule has 0 aliphatic carbocycles. The van der Waals surface area contributed by atoms with Crippen molar-refractivity contribution in [2.75, 3.05) is 27.8 Å². The molecule has 0 saturated carbocycles. The van der Waals surface area contributed by atoms with Gasteiger partial charge in [0, 0.05) is 19.7 Å². The zero-order valence-corrected chi connectivity index (χ0v) is 23.9. The van der Waals surface area contributed by atoms with Crippen LogP contribution < -0.4 is 4.74 Å². The van der Waals surface area contributed by atoms with Gasteiger partial charge in [0.1, 0.15) is 0 Å². The molecule has 8 nitrogen and oxygen atoms in total. The maximum absolute atomic E-state index is 12.5. The van der Waals surface area contributed by atoms with E-state index in [9.17, 15) is 9.59 Å². The van der Waals surface area contributed by atoms with Crippen LogP contribution in [-0.2, 0) is 11.3 Å². The predicted molar refractivity (Wildman–Crippen MR) is 163 cm³/mol. The van der Waals surface area contributed by atoms with Crippen LogP contribution in [0.1, 0.15) is 33.2 Å². The Morgan fingerprint density at radius 1 is 0.929 bits per heavy atom. The zero-order chi connectivity index (χ0) is 29.8. The van der Waals surface area contributed by atoms with Crippen molar-refractivity contribution >= 4 is 28.6 Å². The minimum Gasteiger partial charge on any atom is -0.465 e. The molecule has 0 unspecified atom stereocenters. The first-order valence-electron chi connectivity index (χ1n) is 13.5. The molecule has 5 aromatic rings. The molecule has 0 saturated heterocycles. The first-order chi connectivity index (χ1) is 20.3. The molecular weight excluding hydrogens is 528 g/mol. The number of nitrogens with zero attached hydrogens (tertiary/aromatic N) is 4. The number of aromatic nitrogens is 2. The molecule has 210 valence electrons. The molecule has 0 radical (unpaired) electrons. The number of hydrogen-bond donors (Lipinski definition) is 0. The topological polar surface area (TPSA) is 78.0 Å². The van der Waals surface area contributed by atoms with Crippen LogP contribution in [0.4, 0.5) is 5.69 Å². The van der Waals surface area contributed by atoms with Gasteiger partial charge < -0.3 is 14.4 Å². The van der Waals surface area contributed by atoms with Crippen molar-refractivity contribution in [2.24, 2.45) is 0 Å². The molecule has 1 aromatic heterocycles. The number of carbonyl (C=O) groups is 2. The van der Waals surface area contributed by atoms with Crippen LogP contribution in [0.2, 0.25) is 0 Å². The van der Waals surface area contributed by atoms with E-state index in [2.05, 4.69) is 9.83 Å². The monoisotopic (exact) mass is 558 g/mol. The highest BCUT2D eigenvalue weighted by Crippen LogP contribution is 2.35. The smallest absolute Gasteiger partial charge is 0.340 e. The minimum atomic E-state index is -0.439. The lowest BCUT2D eigenvalue weighted by atomic mass is 9.96. The van der Waals surface area contributed by atoms with Crippen LogP contribution >= 0.6 is 0 Å². The molecule has 1 heterocycles. The zero-order valence-electron chi connectivity index (χ0n) is 23.9. The number of benzene rings is 4. The van der Waals surface area contributed by atoms with E-state index in [0.29, 0.717) is 47.0 Å². The van der Waals surface area contributed by atoms with Gasteiger partial charge in [0.15, 0.2) is 5.69 Å². The van der Waals surface area contributed by atoms with Gasteiger partial charge in [-0.1, -0.05) is 60.7 Å². The summed E-state index contributed by atoms with van der Waals surface area (Å²) in [6, 6.07) is 27.0. The highest BCUT2D eigenvalue weighted by atomic mass is 16.5. The Morgan fingerprint density at radius 3 is 2.26 bits per heavy atom. The SMILES string of the molecule is [C-]#[N+]c1ccc(-c2ccc(C(=O)N(C)C)cc2)cc1-c1ccc(Cn2c(OCC)nc3cccc(C(=O)OC)c32)cc1. The Kier molecular flexibility index (Phi) is 8.02. The number of para-hydroxylation sites is 1. The number of ether oxygens (including phenoxy) is 2. The Hall–Kier alpha value is -5.42. The summed E-state index contributed by atoms with van der Waals surface area (Å²) in [6.07, 6.45) is 0. The molecule has 8 heteroatoms. The number of amides is 1. The van der Waals surface area contributed by atoms with Crippen molar-refractivity contribution in [3.8, 4) is 28.3 Å². The fourth-order valence-corrected chi connectivity index (χ4v) is 4.90. The van der Waals surface area contributed by atoms with Gasteiger partial charge in [0.2, 0.25) is 0 Å². The second kappa shape index (κ2) is 12.0. The summed E-state index contributed by atoms with van der Waals surface area (Å²) in [4.78, 5) is 34.7. The summed E-state index contributed by atoms with van der Waals surface area (Å²) >= 11 is 0. The van der Waals surface area contributed by atoms with Gasteiger partial charge in [-0.15, -0.1) is 0 Å². The van der Waals surface area contributed by atoms with E-state index in [1.807, 2.05) is 84.3 Å². The molecule has 0 aliphatic rings. The normalized spacial score (nSPS) is 10.7. The van der Waals surface area contributed by atoms with Crippen molar-refractivity contribution in [1.29, 1.82) is 0 Å². The summed E-state index contributed by atoms with van der Waals surface area (Å²) in [7, 11) is 4.82. The Bertz CT molecular complexity index is 1810. The highest BCUT2D eigenvalue weighted by Gasteiger charge is 2.20. The molecule has 0 aliphatic heterocycles. The summed E-state index contributed by atoms with van der Waals surface area (Å²) in [6.45, 7) is 10.5. The molecule has 42 heavy (non-hydrogen) atoms. The van der Waals surface area contributed by atoms with E-state index < -0.39 is 5.97 Å². The van der Waals surface area contributed by atoms with Crippen LogP contribution in [0.3, 0.4) is 0 Å². The second-order valence-electron chi connectivity index (χ2n) is 9.90. The summed E-state index contributed by atoms with van der Waals surface area (Å²) in [5.74, 6) is -0.491. The van der Waals surface area contributed by atoms with Gasteiger partial charge in [-0.2, -0.15) is 4.98 Å². The largest absolute Gasteiger partial charge is 0.465 e. The predicted octanol–water partition coefficient (Wildman–Crippen LogP) is 6.86. The first kappa shape index (κ1) is 28.1. The van der Waals surface area contributed by atoms with Crippen LogP contribution in [0.25, 0.3) is 38.1 Å². The van der Waals surface area contributed by atoms with Crippen LogP contribution in [-0.4, -0.2) is 54.1 Å². The van der Waals surface area contributed by atoms with Gasteiger partial charge in [-0.3, -0.25) is 9.36 Å². The van der Waals surface area contributed by atoms with Crippen molar-refractivity contribution in [1.82, 2.24) is 14.5 Å². The Balaban J connectivity index is 1.48. The molecule has 0 spiro atoms. The van der Waals surface area contributed by atoms with Gasteiger partial charge >= 0.3 is 5.97 Å². The Labute approximate surface area is 244 Å². The lowest BCUT2D eigenvalue weighted by molar-refractivity contribution is 0.0602. The molecule has 0 N–H and O–H groups in total. The van der Waals surface area contributed by atoms with Crippen molar-refractivity contribution in [3.63, 3.8) is 0 Å². The third kappa shape index (κ3) is 5.45. The van der Waals surface area contributed by atoms with E-state index in [1.165, 1.54) is 7.11 Å². The fourth-order valence-electron chi connectivity index (χ4n) is 4.90. The number of hydrogen-bond acceptors (Lipinski definition) is 5. The third-order valence-electron chi connectivity index (χ3n) is 7.00. The summed E-state index contributed by atoms with van der Waals surface area (Å²) in [5, 5.41) is 0. The van der Waals surface area contributed by atoms with Crippen LogP contribution in [0.5, 0.6) is 6.01 Å². The standard InChI is InChI=1S/C34H30N4O4/c1-6-42-34-36-30-9-7-8-27(33(40)41-5)31(30)38(34)21-22-10-12-24(13-11-22)28-20-26(18-19-29(28)35-2)23-14-16-25(17-15-23)32(39)37(3)4/h7-20H,6,21H2,1,3-5H3. The molecular formula is C34H30N4O4. The fraction of sp³-hybridized carbons (Fsp3) is 0.176. The number of methoxy groups -OCH3 is 1. The van der Waals surface area contributed by atoms with E-state index in [0.717, 1.165) is 27.8 Å². The average molecular weight is 559 g/mol. The lowest BCUT2D eigenvalue weighted by Crippen LogP contribution is -2.21. The molecule has 5 rings (SSSR count). The molecule has 1 amide bonds. The maximum Gasteiger partial charge on any atom is 0.340 e. The number of esters is 1. The molecule has 4 aromatic carbocycles. The van der Waals surface area contributed by atoms with E-state index in [-0.39, 0.29) is 5.91 Å². The third-order valence-corrected chi connectivity index (χ3v) is 7.00. The molecule has 0 fully saturated rings. The molecule has 0 atom stereocenters. The van der Waals surface area contributed by atoms with Crippen molar-refractivity contribution in [2.45, 2.75) is 13.5 Å². The van der Waals surface area contributed by atoms with Gasteiger partial charge in [0.05, 0.1) is 43.4 Å². The summed E-state index contributed by atoms with van der Waals surface area (Å²) < 4.78 is 12.7. The number of rotatable bonds is 8. The van der Waals surface area contributed by atoms with Crippen LogP contribution in [0, 0.1) is 6.57 Å². The van der Waals surface area contributed by atoms with Crippen LogP contribution in [0.15, 0.2) is 84.9 Å². The molecule has 0 bridgehead atoms. The average Bonchev–Trinajstić information content (AvgIpc) is 3.37. The lowest BCUT2D eigenvalue weighted by Gasteiger charge is -2.13. The van der Waals surface area contributed by atoms with Gasteiger partial charge in [-0.25, -0.2) is 9.64 Å². The van der Waals surface area contributed by atoms with E-state index in [1.54, 1.807) is 31.1 Å². The quantitative estimate of drug-likeness (QED) is 0.154. The highest BCUT2D eigenvalue weighted by molar-refractivity contribution is 6.02. The van der Waals surface area contributed by atoms with Crippen molar-refractivity contribution in [3.05, 3.63) is 113 Å². The second-order valence-corrected chi connectivity index (χ2v) is 9.90.